The van der Waals surface area contributed by atoms with Gasteiger partial charge in [-0.2, -0.15) is 9.50 Å². The summed E-state index contributed by atoms with van der Waals surface area (Å²) in [5, 5.41) is 13.8. The molecule has 11 nitrogen and oxygen atoms in total. The van der Waals surface area contributed by atoms with Crippen molar-refractivity contribution in [2.24, 2.45) is 0 Å². The number of aryl methyl sites for hydroxylation is 1. The molecule has 0 aliphatic rings. The summed E-state index contributed by atoms with van der Waals surface area (Å²) < 4.78 is 6.61. The van der Waals surface area contributed by atoms with Gasteiger partial charge in [-0.25, -0.2) is 4.98 Å². The maximum Gasteiger partial charge on any atom is 0.274 e. The Bertz CT molecular complexity index is 1380. The third-order valence-corrected chi connectivity index (χ3v) is 4.76. The summed E-state index contributed by atoms with van der Waals surface area (Å²) in [5.74, 6) is 0.528. The molecule has 0 saturated heterocycles. The number of carbonyl (C=O) groups excluding carboxylic acids is 1. The summed E-state index contributed by atoms with van der Waals surface area (Å²) in [6.45, 7) is 1.66. The highest BCUT2D eigenvalue weighted by Crippen LogP contribution is 2.30. The van der Waals surface area contributed by atoms with Crippen molar-refractivity contribution in [2.45, 2.75) is 13.5 Å². The van der Waals surface area contributed by atoms with Gasteiger partial charge in [-0.3, -0.25) is 29.7 Å². The van der Waals surface area contributed by atoms with Crippen LogP contribution < -0.4 is 15.2 Å². The molecular formula is C21H18N6O5. The van der Waals surface area contributed by atoms with Gasteiger partial charge >= 0.3 is 0 Å². The Morgan fingerprint density at radius 2 is 1.91 bits per heavy atom. The molecule has 0 bridgehead atoms. The zero-order valence-electron chi connectivity index (χ0n) is 17.2. The summed E-state index contributed by atoms with van der Waals surface area (Å²) in [5.41, 5.74) is 0.788. The Morgan fingerprint density at radius 1 is 1.19 bits per heavy atom. The number of para-hydroxylation sites is 2. The van der Waals surface area contributed by atoms with Gasteiger partial charge in [0.05, 0.1) is 24.3 Å². The lowest BCUT2D eigenvalue weighted by atomic mass is 10.1. The van der Waals surface area contributed by atoms with Gasteiger partial charge in [0.2, 0.25) is 0 Å². The number of non-ortho nitro benzene ring substituents is 1. The number of hydrogen-bond donors (Lipinski definition) is 1. The van der Waals surface area contributed by atoms with Crippen LogP contribution in [0.2, 0.25) is 0 Å². The number of H-pyrrole nitrogens is 1. The number of aromatic nitrogens is 4. The summed E-state index contributed by atoms with van der Waals surface area (Å²) in [6.07, 6.45) is 0. The van der Waals surface area contributed by atoms with Gasteiger partial charge in [-0.15, -0.1) is 0 Å². The number of benzene rings is 2. The van der Waals surface area contributed by atoms with Crippen LogP contribution in [0, 0.1) is 17.0 Å². The van der Waals surface area contributed by atoms with Gasteiger partial charge in [0.1, 0.15) is 11.6 Å². The lowest BCUT2D eigenvalue weighted by Gasteiger charge is -2.23. The molecule has 2 aromatic carbocycles. The second-order valence-electron chi connectivity index (χ2n) is 6.91. The van der Waals surface area contributed by atoms with Gasteiger partial charge in [-0.05, 0) is 31.2 Å². The first-order valence-corrected chi connectivity index (χ1v) is 9.52. The quantitative estimate of drug-likeness (QED) is 0.364. The van der Waals surface area contributed by atoms with E-state index in [-0.39, 0.29) is 29.1 Å². The van der Waals surface area contributed by atoms with Gasteiger partial charge in [0, 0.05) is 29.5 Å². The standard InChI is InChI=1S/C21H18N6O5/c1-13-11-19(28)26-21(22-13)23-18(24-26)12-25(16-5-3-4-6-17(16)32-2)20(29)14-7-9-15(10-8-14)27(30)31/h3-11H,12H2,1-2H3,(H,22,23,24). The smallest absolute Gasteiger partial charge is 0.274 e. The molecule has 2 heterocycles. The number of methoxy groups -OCH3 is 1. The van der Waals surface area contributed by atoms with Crippen molar-refractivity contribution >= 4 is 23.1 Å². The molecule has 0 fully saturated rings. The topological polar surface area (TPSA) is 136 Å². The number of amides is 1. The fraction of sp³-hybridized carbons (Fsp3) is 0.143. The number of aromatic amines is 1. The van der Waals surface area contributed by atoms with Gasteiger partial charge in [0.15, 0.2) is 0 Å². The van der Waals surface area contributed by atoms with E-state index in [0.29, 0.717) is 23.0 Å². The second-order valence-corrected chi connectivity index (χ2v) is 6.91. The number of nitro groups is 1. The maximum absolute atomic E-state index is 13.4. The Morgan fingerprint density at radius 3 is 2.59 bits per heavy atom. The number of nitro benzene ring substituents is 1. The molecular weight excluding hydrogens is 416 g/mol. The second kappa shape index (κ2) is 8.30. The van der Waals surface area contributed by atoms with E-state index in [0.717, 1.165) is 0 Å². The minimum Gasteiger partial charge on any atom is -0.495 e. The number of fused-ring (bicyclic) bond motifs is 1. The van der Waals surface area contributed by atoms with Crippen molar-refractivity contribution in [2.75, 3.05) is 12.0 Å². The van der Waals surface area contributed by atoms with Crippen molar-refractivity contribution in [1.82, 2.24) is 19.6 Å². The molecule has 0 unspecified atom stereocenters. The van der Waals surface area contributed by atoms with E-state index in [2.05, 4.69) is 15.1 Å². The van der Waals surface area contributed by atoms with Crippen molar-refractivity contribution in [1.29, 1.82) is 0 Å². The summed E-state index contributed by atoms with van der Waals surface area (Å²) in [4.78, 5) is 46.0. The van der Waals surface area contributed by atoms with E-state index in [1.807, 2.05) is 0 Å². The van der Waals surface area contributed by atoms with E-state index in [4.69, 9.17) is 4.74 Å². The molecule has 2 aromatic heterocycles. The number of hydrogen-bond acceptors (Lipinski definition) is 7. The SMILES string of the molecule is COc1ccccc1N(Cc1nc2nc(C)cc(=O)n2[nH]1)C(=O)c1ccc([N+](=O)[O-])cc1. The molecule has 1 amide bonds. The molecule has 0 aliphatic heterocycles. The van der Waals surface area contributed by atoms with Crippen molar-refractivity contribution in [3.8, 4) is 5.75 Å². The Kier molecular flexibility index (Phi) is 5.37. The van der Waals surface area contributed by atoms with Crippen LogP contribution in [0.5, 0.6) is 5.75 Å². The van der Waals surface area contributed by atoms with Gasteiger partial charge in [0.25, 0.3) is 22.9 Å². The predicted molar refractivity (Wildman–Crippen MR) is 115 cm³/mol. The summed E-state index contributed by atoms with van der Waals surface area (Å²) in [7, 11) is 1.49. The number of nitrogens with one attached hydrogen (secondary N) is 1. The molecule has 0 spiro atoms. The Balaban J connectivity index is 1.77. The Hall–Kier alpha value is -4.54. The number of anilines is 1. The van der Waals surface area contributed by atoms with E-state index in [1.54, 1.807) is 31.2 Å². The van der Waals surface area contributed by atoms with Crippen LogP contribution in [-0.2, 0) is 6.54 Å². The first kappa shape index (κ1) is 20.7. The number of ether oxygens (including phenoxy) is 1. The number of rotatable bonds is 6. The third kappa shape index (κ3) is 3.90. The van der Waals surface area contributed by atoms with Gasteiger partial charge in [-0.1, -0.05) is 12.1 Å². The molecule has 32 heavy (non-hydrogen) atoms. The highest BCUT2D eigenvalue weighted by molar-refractivity contribution is 6.06. The van der Waals surface area contributed by atoms with Crippen LogP contribution in [0.25, 0.3) is 5.78 Å². The van der Waals surface area contributed by atoms with Crippen LogP contribution in [0.15, 0.2) is 59.4 Å². The summed E-state index contributed by atoms with van der Waals surface area (Å²) in [6, 6.07) is 13.6. The highest BCUT2D eigenvalue weighted by Gasteiger charge is 2.23. The molecule has 0 atom stereocenters. The van der Waals surface area contributed by atoms with E-state index >= 15 is 0 Å². The minimum atomic E-state index is -0.534. The minimum absolute atomic E-state index is 0.0297. The first-order chi connectivity index (χ1) is 15.4. The summed E-state index contributed by atoms with van der Waals surface area (Å²) >= 11 is 0. The van der Waals surface area contributed by atoms with E-state index in [9.17, 15) is 19.7 Å². The van der Waals surface area contributed by atoms with Crippen molar-refractivity contribution in [3.63, 3.8) is 0 Å². The highest BCUT2D eigenvalue weighted by atomic mass is 16.6. The van der Waals surface area contributed by atoms with Gasteiger partial charge < -0.3 is 4.74 Å². The lowest BCUT2D eigenvalue weighted by Crippen LogP contribution is -2.31. The zero-order chi connectivity index (χ0) is 22.8. The molecule has 0 saturated carbocycles. The van der Waals surface area contributed by atoms with Crippen molar-refractivity contribution in [3.05, 3.63) is 92.1 Å². The zero-order valence-corrected chi connectivity index (χ0v) is 17.2. The van der Waals surface area contributed by atoms with Crippen molar-refractivity contribution < 1.29 is 14.5 Å². The maximum atomic E-state index is 13.4. The normalized spacial score (nSPS) is 10.8. The largest absolute Gasteiger partial charge is 0.495 e. The van der Waals surface area contributed by atoms with Crippen LogP contribution in [0.3, 0.4) is 0 Å². The van der Waals surface area contributed by atoms with Crippen LogP contribution >= 0.6 is 0 Å². The lowest BCUT2D eigenvalue weighted by molar-refractivity contribution is -0.384. The monoisotopic (exact) mass is 434 g/mol. The molecule has 4 aromatic rings. The number of nitrogens with zero attached hydrogens (tertiary/aromatic N) is 5. The molecule has 4 rings (SSSR count). The molecule has 162 valence electrons. The van der Waals surface area contributed by atoms with E-state index in [1.165, 1.54) is 46.9 Å². The molecule has 0 aliphatic carbocycles. The van der Waals surface area contributed by atoms with Crippen LogP contribution in [-0.4, -0.2) is 37.5 Å². The fourth-order valence-electron chi connectivity index (χ4n) is 3.26. The predicted octanol–water partition coefficient (Wildman–Crippen LogP) is 2.49. The van der Waals surface area contributed by atoms with Crippen LogP contribution in [0.4, 0.5) is 11.4 Å². The third-order valence-electron chi connectivity index (χ3n) is 4.76. The van der Waals surface area contributed by atoms with E-state index < -0.39 is 10.8 Å². The first-order valence-electron chi connectivity index (χ1n) is 9.52. The average molecular weight is 434 g/mol. The fourth-order valence-corrected chi connectivity index (χ4v) is 3.26. The van der Waals surface area contributed by atoms with Crippen LogP contribution in [0.1, 0.15) is 21.9 Å². The average Bonchev–Trinajstić information content (AvgIpc) is 3.20. The molecule has 0 radical (unpaired) electrons. The Labute approximate surface area is 181 Å². The number of carbonyl (C=O) groups is 1. The molecule has 1 N–H and O–H groups in total. The molecule has 11 heteroatoms.